The lowest BCUT2D eigenvalue weighted by Crippen LogP contribution is -2.56. The van der Waals surface area contributed by atoms with Crippen molar-refractivity contribution < 1.29 is 5.02 Å². The summed E-state index contributed by atoms with van der Waals surface area (Å²) < 4.78 is 0. The Hall–Kier alpha value is -0.835. The molecule has 1 aliphatic heterocycles. The van der Waals surface area contributed by atoms with Gasteiger partial charge in [-0.3, -0.25) is 4.90 Å². The van der Waals surface area contributed by atoms with Crippen LogP contribution in [0.4, 0.5) is 0 Å². The average Bonchev–Trinajstić information content (AvgIpc) is 2.38. The van der Waals surface area contributed by atoms with Crippen molar-refractivity contribution in [3.63, 3.8) is 0 Å². The van der Waals surface area contributed by atoms with Crippen LogP contribution < -0.4 is 0 Å². The molecule has 1 fully saturated rings. The summed E-state index contributed by atoms with van der Waals surface area (Å²) >= 11 is 0. The zero-order valence-corrected chi connectivity index (χ0v) is 12.5. The van der Waals surface area contributed by atoms with Crippen LogP contribution in [0.2, 0.25) is 6.82 Å². The highest BCUT2D eigenvalue weighted by molar-refractivity contribution is 6.45. The van der Waals surface area contributed by atoms with Gasteiger partial charge in [0.05, 0.1) is 0 Å². The maximum absolute atomic E-state index is 9.67. The Bertz CT molecular complexity index is 407. The van der Waals surface area contributed by atoms with Crippen molar-refractivity contribution in [3.05, 3.63) is 35.4 Å². The van der Waals surface area contributed by atoms with Gasteiger partial charge in [-0.05, 0) is 33.2 Å². The molecule has 0 aliphatic carbocycles. The zero-order valence-electron chi connectivity index (χ0n) is 12.5. The molecular weight excluding hydrogens is 235 g/mol. The normalized spacial score (nSPS) is 23.3. The van der Waals surface area contributed by atoms with E-state index in [0.29, 0.717) is 12.1 Å². The highest BCUT2D eigenvalue weighted by Crippen LogP contribution is 2.25. The monoisotopic (exact) mass is 260 g/mol. The summed E-state index contributed by atoms with van der Waals surface area (Å²) in [7, 11) is -0.334. The molecule has 104 valence electrons. The van der Waals surface area contributed by atoms with Crippen molar-refractivity contribution in [2.24, 2.45) is 0 Å². The van der Waals surface area contributed by atoms with E-state index in [2.05, 4.69) is 54.7 Å². The fraction of sp³-hybridized carbons (Fsp3) is 0.600. The Morgan fingerprint density at radius 1 is 1.26 bits per heavy atom. The van der Waals surface area contributed by atoms with E-state index in [1.807, 2.05) is 6.82 Å². The molecule has 1 saturated heterocycles. The van der Waals surface area contributed by atoms with Crippen LogP contribution >= 0.6 is 0 Å². The fourth-order valence-electron chi connectivity index (χ4n) is 2.95. The number of benzene rings is 1. The van der Waals surface area contributed by atoms with Crippen molar-refractivity contribution in [3.8, 4) is 0 Å². The standard InChI is InChI=1S/C15H25BN2O/c1-12-5-7-15(8-6-12)14(3)18-10-9-17(16(4)19)11-13(18)2/h5-8,13-14,19H,9-11H2,1-4H3. The summed E-state index contributed by atoms with van der Waals surface area (Å²) in [4.78, 5) is 4.67. The maximum Gasteiger partial charge on any atom is 0.376 e. The fourth-order valence-corrected chi connectivity index (χ4v) is 2.95. The molecule has 0 radical (unpaired) electrons. The molecule has 2 unspecified atom stereocenters. The predicted octanol–water partition coefficient (Wildman–Crippen LogP) is 2.17. The molecule has 0 aromatic heterocycles. The molecule has 0 spiro atoms. The van der Waals surface area contributed by atoms with E-state index < -0.39 is 0 Å². The van der Waals surface area contributed by atoms with Crippen molar-refractivity contribution in [2.75, 3.05) is 19.6 Å². The smallest absolute Gasteiger partial charge is 0.376 e. The first-order chi connectivity index (χ1) is 8.99. The van der Waals surface area contributed by atoms with E-state index in [1.54, 1.807) is 0 Å². The third-order valence-corrected chi connectivity index (χ3v) is 4.30. The Morgan fingerprint density at radius 2 is 1.89 bits per heavy atom. The zero-order chi connectivity index (χ0) is 14.0. The molecule has 19 heavy (non-hydrogen) atoms. The Labute approximate surface area is 117 Å². The summed E-state index contributed by atoms with van der Waals surface area (Å²) in [5.74, 6) is 0. The summed E-state index contributed by atoms with van der Waals surface area (Å²) in [6, 6.07) is 9.73. The van der Waals surface area contributed by atoms with E-state index in [4.69, 9.17) is 0 Å². The summed E-state index contributed by atoms with van der Waals surface area (Å²) in [5, 5.41) is 9.67. The molecule has 2 atom stereocenters. The van der Waals surface area contributed by atoms with Crippen molar-refractivity contribution in [1.29, 1.82) is 0 Å². The van der Waals surface area contributed by atoms with Gasteiger partial charge in [-0.1, -0.05) is 29.8 Å². The highest BCUT2D eigenvalue weighted by atomic mass is 16.2. The molecule has 4 heteroatoms. The third-order valence-electron chi connectivity index (χ3n) is 4.30. The Kier molecular flexibility index (Phi) is 4.66. The predicted molar refractivity (Wildman–Crippen MR) is 81.2 cm³/mol. The van der Waals surface area contributed by atoms with Crippen molar-refractivity contribution in [1.82, 2.24) is 9.71 Å². The van der Waals surface area contributed by atoms with Gasteiger partial charge in [-0.25, -0.2) is 0 Å². The quantitative estimate of drug-likeness (QED) is 0.844. The first-order valence-corrected chi connectivity index (χ1v) is 7.23. The number of rotatable bonds is 3. The van der Waals surface area contributed by atoms with Crippen LogP contribution in [0, 0.1) is 6.92 Å². The second kappa shape index (κ2) is 6.08. The average molecular weight is 260 g/mol. The third kappa shape index (κ3) is 3.38. The van der Waals surface area contributed by atoms with Crippen LogP contribution in [0.25, 0.3) is 0 Å². The van der Waals surface area contributed by atoms with Crippen LogP contribution in [-0.4, -0.2) is 47.5 Å². The Balaban J connectivity index is 2.04. The van der Waals surface area contributed by atoms with Crippen LogP contribution in [-0.2, 0) is 0 Å². The highest BCUT2D eigenvalue weighted by Gasteiger charge is 2.30. The van der Waals surface area contributed by atoms with Gasteiger partial charge in [0.1, 0.15) is 0 Å². The largest absolute Gasteiger partial charge is 0.437 e. The molecular formula is C15H25BN2O. The molecule has 2 rings (SSSR count). The Morgan fingerprint density at radius 3 is 2.42 bits per heavy atom. The summed E-state index contributed by atoms with van der Waals surface area (Å²) in [6.45, 7) is 11.4. The molecule has 1 N–H and O–H groups in total. The lowest BCUT2D eigenvalue weighted by atomic mass is 9.83. The molecule has 0 amide bonds. The lowest BCUT2D eigenvalue weighted by Gasteiger charge is -2.43. The van der Waals surface area contributed by atoms with Gasteiger partial charge >= 0.3 is 7.05 Å². The van der Waals surface area contributed by atoms with Crippen LogP contribution in [0.5, 0.6) is 0 Å². The van der Waals surface area contributed by atoms with Gasteiger partial charge in [0.25, 0.3) is 0 Å². The minimum atomic E-state index is -0.334. The van der Waals surface area contributed by atoms with Gasteiger partial charge in [0.2, 0.25) is 0 Å². The second-order valence-corrected chi connectivity index (χ2v) is 5.80. The van der Waals surface area contributed by atoms with E-state index >= 15 is 0 Å². The number of hydrogen-bond acceptors (Lipinski definition) is 3. The van der Waals surface area contributed by atoms with Crippen molar-refractivity contribution >= 4 is 7.05 Å². The van der Waals surface area contributed by atoms with E-state index in [9.17, 15) is 5.02 Å². The molecule has 1 heterocycles. The molecule has 0 bridgehead atoms. The summed E-state index contributed by atoms with van der Waals surface area (Å²) in [5.41, 5.74) is 2.69. The summed E-state index contributed by atoms with van der Waals surface area (Å²) in [6.07, 6.45) is 0. The lowest BCUT2D eigenvalue weighted by molar-refractivity contribution is 0.0830. The molecule has 0 saturated carbocycles. The van der Waals surface area contributed by atoms with E-state index in [1.165, 1.54) is 11.1 Å². The minimum absolute atomic E-state index is 0.334. The SMILES string of the molecule is CB(O)N1CCN(C(C)c2ccc(C)cc2)C(C)C1. The number of hydrogen-bond donors (Lipinski definition) is 1. The molecule has 1 aromatic rings. The van der Waals surface area contributed by atoms with Crippen LogP contribution in [0.3, 0.4) is 0 Å². The van der Waals surface area contributed by atoms with Gasteiger partial charge in [-0.2, -0.15) is 0 Å². The molecule has 1 aromatic carbocycles. The molecule has 1 aliphatic rings. The van der Waals surface area contributed by atoms with Gasteiger partial charge in [0.15, 0.2) is 0 Å². The van der Waals surface area contributed by atoms with Gasteiger partial charge < -0.3 is 9.83 Å². The minimum Gasteiger partial charge on any atom is -0.437 e. The van der Waals surface area contributed by atoms with E-state index in [0.717, 1.165) is 19.6 Å². The van der Waals surface area contributed by atoms with Crippen LogP contribution in [0.15, 0.2) is 24.3 Å². The first kappa shape index (κ1) is 14.6. The van der Waals surface area contributed by atoms with Crippen LogP contribution in [0.1, 0.15) is 31.0 Å². The molecule has 3 nitrogen and oxygen atoms in total. The van der Waals surface area contributed by atoms with Gasteiger partial charge in [0, 0.05) is 31.7 Å². The topological polar surface area (TPSA) is 26.7 Å². The number of aryl methyl sites for hydroxylation is 1. The van der Waals surface area contributed by atoms with Gasteiger partial charge in [-0.15, -0.1) is 0 Å². The first-order valence-electron chi connectivity index (χ1n) is 7.23. The maximum atomic E-state index is 9.67. The van der Waals surface area contributed by atoms with Crippen molar-refractivity contribution in [2.45, 2.75) is 39.7 Å². The number of piperazine rings is 1. The van der Waals surface area contributed by atoms with E-state index in [-0.39, 0.29) is 7.05 Å². The number of nitrogens with zero attached hydrogens (tertiary/aromatic N) is 2. The second-order valence-electron chi connectivity index (χ2n) is 5.80.